The lowest BCUT2D eigenvalue weighted by Gasteiger charge is -2.17. The number of aromatic nitrogens is 1. The summed E-state index contributed by atoms with van der Waals surface area (Å²) in [7, 11) is 1.67. The van der Waals surface area contributed by atoms with Crippen LogP contribution in [0.2, 0.25) is 5.02 Å². The van der Waals surface area contributed by atoms with Crippen LogP contribution in [0.3, 0.4) is 0 Å². The number of rotatable bonds is 9. The molecule has 3 aromatic rings. The minimum atomic E-state index is -2.07. The number of ether oxygens (including phenoxy) is 2. The highest BCUT2D eigenvalue weighted by molar-refractivity contribution is 7.77. The SMILES string of the molecule is CCOc1cc(=O)n(C)cc1-c1cc(CCNS(=O)O)ccc1Oc1ccc(Cl)cc1. The zero-order chi connectivity index (χ0) is 22.4. The first-order chi connectivity index (χ1) is 14.9. The maximum Gasteiger partial charge on any atom is 0.254 e. The van der Waals surface area contributed by atoms with Crippen LogP contribution in [-0.2, 0) is 24.7 Å². The third-order valence-electron chi connectivity index (χ3n) is 4.51. The zero-order valence-electron chi connectivity index (χ0n) is 17.1. The Kier molecular flexibility index (Phi) is 7.86. The quantitative estimate of drug-likeness (QED) is 0.466. The third-order valence-corrected chi connectivity index (χ3v) is 5.21. The lowest BCUT2D eigenvalue weighted by Crippen LogP contribution is -2.19. The zero-order valence-corrected chi connectivity index (χ0v) is 18.7. The third kappa shape index (κ3) is 6.18. The summed E-state index contributed by atoms with van der Waals surface area (Å²) < 4.78 is 35.6. The molecule has 0 spiro atoms. The van der Waals surface area contributed by atoms with E-state index in [2.05, 4.69) is 4.72 Å². The summed E-state index contributed by atoms with van der Waals surface area (Å²) in [6, 6.07) is 14.1. The van der Waals surface area contributed by atoms with E-state index in [9.17, 15) is 9.00 Å². The maximum absolute atomic E-state index is 12.2. The van der Waals surface area contributed by atoms with Crippen molar-refractivity contribution in [2.45, 2.75) is 13.3 Å². The van der Waals surface area contributed by atoms with Crippen molar-refractivity contribution >= 4 is 22.9 Å². The number of benzene rings is 2. The molecule has 0 saturated heterocycles. The summed E-state index contributed by atoms with van der Waals surface area (Å²) in [5, 5.41) is 0.605. The first kappa shape index (κ1) is 23.0. The molecule has 1 aromatic heterocycles. The molecule has 1 heterocycles. The molecule has 3 rings (SSSR count). The van der Waals surface area contributed by atoms with Gasteiger partial charge in [-0.15, -0.1) is 0 Å². The number of halogens is 1. The molecule has 0 aliphatic carbocycles. The molecule has 1 atom stereocenters. The van der Waals surface area contributed by atoms with Gasteiger partial charge in [-0.3, -0.25) is 9.35 Å². The molecule has 9 heteroatoms. The van der Waals surface area contributed by atoms with Crippen molar-refractivity contribution in [2.24, 2.45) is 7.05 Å². The average molecular weight is 463 g/mol. The second-order valence-corrected chi connectivity index (χ2v) is 7.94. The van der Waals surface area contributed by atoms with Crippen LogP contribution in [0.5, 0.6) is 17.2 Å². The van der Waals surface area contributed by atoms with Gasteiger partial charge in [0.25, 0.3) is 5.56 Å². The fourth-order valence-electron chi connectivity index (χ4n) is 3.03. The van der Waals surface area contributed by atoms with Crippen LogP contribution in [0.4, 0.5) is 0 Å². The Balaban J connectivity index is 2.07. The second kappa shape index (κ2) is 10.6. The number of nitrogens with zero attached hydrogens (tertiary/aromatic N) is 1. The fraction of sp³-hybridized carbons (Fsp3) is 0.227. The van der Waals surface area contributed by atoms with Crippen molar-refractivity contribution in [3.8, 4) is 28.4 Å². The van der Waals surface area contributed by atoms with Gasteiger partial charge in [-0.25, -0.2) is 8.93 Å². The Morgan fingerprint density at radius 1 is 1.10 bits per heavy atom. The van der Waals surface area contributed by atoms with Gasteiger partial charge >= 0.3 is 0 Å². The summed E-state index contributed by atoms with van der Waals surface area (Å²) in [6.07, 6.45) is 2.23. The van der Waals surface area contributed by atoms with E-state index in [1.807, 2.05) is 25.1 Å². The van der Waals surface area contributed by atoms with E-state index in [1.54, 1.807) is 37.5 Å². The van der Waals surface area contributed by atoms with Crippen LogP contribution in [0, 0.1) is 0 Å². The van der Waals surface area contributed by atoms with Gasteiger partial charge in [-0.05, 0) is 55.3 Å². The van der Waals surface area contributed by atoms with E-state index in [1.165, 1.54) is 10.6 Å². The van der Waals surface area contributed by atoms with Crippen molar-refractivity contribution in [3.63, 3.8) is 0 Å². The molecular formula is C22H23ClN2O5S. The van der Waals surface area contributed by atoms with Crippen molar-refractivity contribution in [3.05, 3.63) is 75.7 Å². The number of aryl methyl sites for hydroxylation is 1. The number of hydrogen-bond acceptors (Lipinski definition) is 4. The molecule has 0 amide bonds. The Morgan fingerprint density at radius 2 is 1.84 bits per heavy atom. The molecule has 1 unspecified atom stereocenters. The molecular weight excluding hydrogens is 440 g/mol. The van der Waals surface area contributed by atoms with Gasteiger partial charge in [0.2, 0.25) is 11.3 Å². The Hall–Kier alpha value is -2.65. The molecule has 31 heavy (non-hydrogen) atoms. The van der Waals surface area contributed by atoms with Crippen molar-refractivity contribution in [1.29, 1.82) is 0 Å². The molecule has 7 nitrogen and oxygen atoms in total. The van der Waals surface area contributed by atoms with E-state index in [0.29, 0.717) is 47.4 Å². The lowest BCUT2D eigenvalue weighted by molar-refractivity contribution is 0.340. The standard InChI is InChI=1S/C22H23ClN2O5S/c1-3-29-21-13-22(26)25(2)14-19(21)18-12-15(10-11-24-31(27)28)4-9-20(18)30-17-7-5-16(23)6-8-17/h4-9,12-14,24H,3,10-11H2,1-2H3,(H,27,28). The summed E-state index contributed by atoms with van der Waals surface area (Å²) >= 11 is 3.90. The number of nitrogens with one attached hydrogen (secondary N) is 1. The van der Waals surface area contributed by atoms with Gasteiger partial charge in [0.15, 0.2) is 0 Å². The highest BCUT2D eigenvalue weighted by Crippen LogP contribution is 2.38. The fourth-order valence-corrected chi connectivity index (χ4v) is 3.44. The van der Waals surface area contributed by atoms with E-state index in [0.717, 1.165) is 11.1 Å². The highest BCUT2D eigenvalue weighted by atomic mass is 35.5. The first-order valence-corrected chi connectivity index (χ1v) is 11.1. The highest BCUT2D eigenvalue weighted by Gasteiger charge is 2.16. The van der Waals surface area contributed by atoms with Gasteiger partial charge < -0.3 is 14.0 Å². The minimum absolute atomic E-state index is 0.182. The molecule has 0 fully saturated rings. The predicted octanol–water partition coefficient (Wildman–Crippen LogP) is 4.17. The maximum atomic E-state index is 12.2. The van der Waals surface area contributed by atoms with E-state index in [4.69, 9.17) is 25.6 Å². The van der Waals surface area contributed by atoms with Crippen LogP contribution in [0.1, 0.15) is 12.5 Å². The summed E-state index contributed by atoms with van der Waals surface area (Å²) in [4.78, 5) is 12.2. The van der Waals surface area contributed by atoms with E-state index < -0.39 is 11.3 Å². The van der Waals surface area contributed by atoms with Crippen LogP contribution in [-0.4, -0.2) is 26.5 Å². The van der Waals surface area contributed by atoms with E-state index >= 15 is 0 Å². The molecule has 2 aromatic carbocycles. The van der Waals surface area contributed by atoms with Gasteiger partial charge in [-0.2, -0.15) is 0 Å². The van der Waals surface area contributed by atoms with Crippen LogP contribution in [0.15, 0.2) is 59.5 Å². The van der Waals surface area contributed by atoms with Crippen LogP contribution < -0.4 is 19.8 Å². The van der Waals surface area contributed by atoms with E-state index in [-0.39, 0.29) is 5.56 Å². The topological polar surface area (TPSA) is 89.8 Å². The summed E-state index contributed by atoms with van der Waals surface area (Å²) in [5.41, 5.74) is 2.18. The molecule has 2 N–H and O–H groups in total. The van der Waals surface area contributed by atoms with Gasteiger partial charge in [0.05, 0.1) is 6.61 Å². The van der Waals surface area contributed by atoms with Crippen molar-refractivity contribution in [1.82, 2.24) is 9.29 Å². The van der Waals surface area contributed by atoms with Gasteiger partial charge in [0.1, 0.15) is 17.2 Å². The van der Waals surface area contributed by atoms with Gasteiger partial charge in [0, 0.05) is 42.0 Å². The first-order valence-electron chi connectivity index (χ1n) is 9.62. The normalized spacial score (nSPS) is 11.9. The largest absolute Gasteiger partial charge is 0.493 e. The molecule has 0 aliphatic rings. The second-order valence-electron chi connectivity index (χ2n) is 6.71. The van der Waals surface area contributed by atoms with Crippen molar-refractivity contribution in [2.75, 3.05) is 13.2 Å². The summed E-state index contributed by atoms with van der Waals surface area (Å²) in [5.74, 6) is 1.64. The minimum Gasteiger partial charge on any atom is -0.493 e. The monoisotopic (exact) mass is 462 g/mol. The Bertz CT molecular complexity index is 1130. The summed E-state index contributed by atoms with van der Waals surface area (Å²) in [6.45, 7) is 2.58. The molecule has 0 saturated carbocycles. The number of hydrogen-bond donors (Lipinski definition) is 2. The molecule has 0 radical (unpaired) electrons. The van der Waals surface area contributed by atoms with Crippen molar-refractivity contribution < 1.29 is 18.2 Å². The smallest absolute Gasteiger partial charge is 0.254 e. The van der Waals surface area contributed by atoms with Crippen LogP contribution in [0.25, 0.3) is 11.1 Å². The Morgan fingerprint density at radius 3 is 2.52 bits per heavy atom. The molecule has 0 aliphatic heterocycles. The van der Waals surface area contributed by atoms with Gasteiger partial charge in [-0.1, -0.05) is 17.7 Å². The lowest BCUT2D eigenvalue weighted by atomic mass is 10.0. The number of pyridine rings is 1. The molecule has 164 valence electrons. The average Bonchev–Trinajstić information content (AvgIpc) is 2.73. The Labute approximate surface area is 188 Å². The van der Waals surface area contributed by atoms with Crippen LogP contribution >= 0.6 is 11.6 Å². The molecule has 0 bridgehead atoms. The predicted molar refractivity (Wildman–Crippen MR) is 122 cm³/mol.